The molecule has 1 heterocycles. The van der Waals surface area contributed by atoms with Crippen molar-refractivity contribution in [2.24, 2.45) is 0 Å². The van der Waals surface area contributed by atoms with E-state index in [-0.39, 0.29) is 16.5 Å². The maximum atomic E-state index is 12.9. The second-order valence-electron chi connectivity index (χ2n) is 24.5. The average Bonchev–Trinajstić information content (AvgIpc) is 3.98. The molecule has 0 fully saturated rings. The van der Waals surface area contributed by atoms with Crippen molar-refractivity contribution in [1.29, 1.82) is 0 Å². The van der Waals surface area contributed by atoms with Crippen LogP contribution in [0.2, 0.25) is 0 Å². The van der Waals surface area contributed by atoms with Gasteiger partial charge in [-0.1, -0.05) is 274 Å². The van der Waals surface area contributed by atoms with Gasteiger partial charge in [0, 0.05) is 16.7 Å². The summed E-state index contributed by atoms with van der Waals surface area (Å²) in [4.78, 5) is 0. The maximum absolute atomic E-state index is 12.9. The van der Waals surface area contributed by atoms with Gasteiger partial charge in [0.15, 0.2) is 0 Å². The Morgan fingerprint density at radius 1 is 0.333 bits per heavy atom. The van der Waals surface area contributed by atoms with Crippen molar-refractivity contribution in [3.8, 4) is 0 Å². The van der Waals surface area contributed by atoms with Crippen molar-refractivity contribution >= 4 is 11.4 Å². The fraction of sp³-hybridized carbons (Fsp3) is 0.744. The third-order valence-corrected chi connectivity index (χ3v) is 17.0. The summed E-state index contributed by atoms with van der Waals surface area (Å²) in [5.74, 6) is 0. The van der Waals surface area contributed by atoms with Crippen LogP contribution >= 0.6 is 0 Å². The van der Waals surface area contributed by atoms with Crippen LogP contribution in [0.25, 0.3) is 16.9 Å². The van der Waals surface area contributed by atoms with E-state index in [1.807, 2.05) is 0 Å². The van der Waals surface area contributed by atoms with E-state index >= 15 is 0 Å². The van der Waals surface area contributed by atoms with Crippen LogP contribution in [0, 0.1) is 13.8 Å². The summed E-state index contributed by atoms with van der Waals surface area (Å²) in [6, 6.07) is 10.0. The summed E-state index contributed by atoms with van der Waals surface area (Å²) in [6.07, 6.45) is 66.2. The molecule has 1 aliphatic heterocycles. The molecule has 0 N–H and O–H groups in total. The normalized spacial score (nSPS) is 12.4. The molecule has 2 aromatic carbocycles. The first-order chi connectivity index (χ1) is 39.3. The molecule has 0 aromatic heterocycles. The molecule has 0 atom stereocenters. The van der Waals surface area contributed by atoms with Gasteiger partial charge in [0.05, 0.1) is 5.57 Å². The summed E-state index contributed by atoms with van der Waals surface area (Å²) in [5, 5.41) is 0. The molecule has 1 aliphatic rings. The number of unbranched alkanes of at least 4 members (excludes halogenated alkanes) is 31. The molecule has 0 saturated heterocycles. The second-order valence-corrected chi connectivity index (χ2v) is 24.5. The smallest absolute Gasteiger partial charge is 0.493 e. The summed E-state index contributed by atoms with van der Waals surface area (Å²) in [7, 11) is 0. The minimum absolute atomic E-state index is 0. The van der Waals surface area contributed by atoms with Crippen LogP contribution in [0.1, 0.15) is 383 Å². The number of allylic oxidation sites excluding steroid dienone is 4. The molecule has 0 radical (unpaired) electrons. The van der Waals surface area contributed by atoms with Crippen molar-refractivity contribution in [3.05, 3.63) is 111 Å². The van der Waals surface area contributed by atoms with Crippen molar-refractivity contribution in [1.82, 2.24) is 0 Å². The Morgan fingerprint density at radius 3 is 0.926 bits per heavy atom. The second kappa shape index (κ2) is 55.6. The van der Waals surface area contributed by atoms with Crippen molar-refractivity contribution in [2.75, 3.05) is 0 Å². The predicted octanol–water partition coefficient (Wildman–Crippen LogP) is 26.9. The molecular formula is C78H136N2Ni. The van der Waals surface area contributed by atoms with E-state index < -0.39 is 0 Å². The molecular weight excluding hydrogens is 1020 g/mol. The predicted molar refractivity (Wildman–Crippen MR) is 363 cm³/mol. The Hall–Kier alpha value is -2.25. The Balaban J connectivity index is 0.00000232. The average molecular weight is 1160 g/mol. The van der Waals surface area contributed by atoms with E-state index in [2.05, 4.69) is 120 Å². The van der Waals surface area contributed by atoms with E-state index in [4.69, 9.17) is 0 Å². The van der Waals surface area contributed by atoms with Crippen molar-refractivity contribution < 1.29 is 21.2 Å². The van der Waals surface area contributed by atoms with Crippen LogP contribution in [0.15, 0.2) is 47.6 Å². The quantitative estimate of drug-likeness (QED) is 0.0273. The van der Waals surface area contributed by atoms with Gasteiger partial charge in [0.25, 0.3) is 0 Å². The fourth-order valence-electron chi connectivity index (χ4n) is 11.8. The molecule has 0 spiro atoms. The van der Waals surface area contributed by atoms with Crippen LogP contribution in [-0.4, -0.2) is 4.70 Å². The van der Waals surface area contributed by atoms with Gasteiger partial charge in [-0.3, -0.25) is 0 Å². The van der Waals surface area contributed by atoms with E-state index in [0.717, 1.165) is 75.6 Å². The molecule has 0 unspecified atom stereocenters. The topological polar surface area (TPSA) is 25.3 Å². The molecule has 2 nitrogen and oxygen atoms in total. The number of rotatable bonds is 49. The molecule has 468 valence electrons. The van der Waals surface area contributed by atoms with Crippen LogP contribution in [0.3, 0.4) is 0 Å². The van der Waals surface area contributed by atoms with Crippen LogP contribution in [-0.2, 0) is 55.0 Å². The summed E-state index contributed by atoms with van der Waals surface area (Å²) in [5.41, 5.74) is 29.4. The summed E-state index contributed by atoms with van der Waals surface area (Å²) >= 11 is 0. The SMILES string of the molecule is CCCCCCCCCCC=CC1=C(c2cc(CCCC)c(CCCC)c(CCCC)c2)[N+](=[N-])C(c2cc(CCCC)c(CCCC)c(CCCC)c2)=C1CCCC.[CH2-]CCCCCCCCCC.[CH2-]CCCCCCCCCC.[Ni+2]. The van der Waals surface area contributed by atoms with Gasteiger partial charge in [-0.05, 0) is 160 Å². The van der Waals surface area contributed by atoms with E-state index in [9.17, 15) is 5.53 Å². The number of hydrogen-bond acceptors (Lipinski definition) is 0. The minimum Gasteiger partial charge on any atom is -0.493 e. The van der Waals surface area contributed by atoms with Gasteiger partial charge in [0.1, 0.15) is 0 Å². The van der Waals surface area contributed by atoms with Crippen LogP contribution in [0.4, 0.5) is 0 Å². The van der Waals surface area contributed by atoms with Gasteiger partial charge < -0.3 is 19.4 Å². The zero-order valence-corrected chi connectivity index (χ0v) is 57.0. The molecule has 3 rings (SSSR count). The Bertz CT molecular complexity index is 1800. The Kier molecular flexibility index (Phi) is 54.1. The first kappa shape index (κ1) is 78.8. The zero-order chi connectivity index (χ0) is 58.7. The third kappa shape index (κ3) is 34.5. The van der Waals surface area contributed by atoms with Crippen LogP contribution < -0.4 is 0 Å². The molecule has 0 amide bonds. The third-order valence-electron chi connectivity index (χ3n) is 17.0. The summed E-state index contributed by atoms with van der Waals surface area (Å²) < 4.78 is 1.68. The van der Waals surface area contributed by atoms with Gasteiger partial charge in [-0.25, -0.2) is 4.70 Å². The van der Waals surface area contributed by atoms with Gasteiger partial charge >= 0.3 is 16.5 Å². The first-order valence-corrected chi connectivity index (χ1v) is 35.8. The molecule has 0 saturated carbocycles. The monoisotopic (exact) mass is 1160 g/mol. The standard InChI is InChI=1S/C56H90N2.2C11H23.Ni/c1-9-17-25-26-27-28-29-30-31-32-40-54-53(39-24-16-8)55(49-41-45(33-18-10-2)51(37-22-14-6)46(42-49)34-19-11-3)58(57)56(54)50-43-47(35-20-12-4)52(38-23-15-7)48(44-50)36-21-13-5;2*1-3-5-7-9-11-10-8-6-4-2;/h32,40-44H,9-31,33-39H2,1-8H3;2*1,3-11H2,2H3;/q;2*-1;+2. The number of benzene rings is 2. The molecule has 3 heteroatoms. The molecule has 0 bridgehead atoms. The van der Waals surface area contributed by atoms with Crippen molar-refractivity contribution in [2.45, 2.75) is 377 Å². The Morgan fingerprint density at radius 2 is 0.605 bits per heavy atom. The first-order valence-electron chi connectivity index (χ1n) is 35.8. The Labute approximate surface area is 518 Å². The van der Waals surface area contributed by atoms with Crippen LogP contribution in [0.5, 0.6) is 0 Å². The molecule has 81 heavy (non-hydrogen) atoms. The van der Waals surface area contributed by atoms with Gasteiger partial charge in [-0.15, -0.1) is 0 Å². The molecule has 0 aliphatic carbocycles. The van der Waals surface area contributed by atoms with E-state index in [0.29, 0.717) is 0 Å². The van der Waals surface area contributed by atoms with Gasteiger partial charge in [-0.2, -0.15) is 12.8 Å². The van der Waals surface area contributed by atoms with E-state index in [1.54, 1.807) is 15.8 Å². The number of hydrogen-bond donors (Lipinski definition) is 0. The summed E-state index contributed by atoms with van der Waals surface area (Å²) in [6.45, 7) is 30.8. The number of aryl methyl sites for hydroxylation is 4. The van der Waals surface area contributed by atoms with E-state index in [1.165, 1.54) is 289 Å². The van der Waals surface area contributed by atoms with Crippen molar-refractivity contribution in [3.63, 3.8) is 0 Å². The fourth-order valence-corrected chi connectivity index (χ4v) is 11.8. The van der Waals surface area contributed by atoms with Gasteiger partial charge in [0.2, 0.25) is 11.4 Å². The molecule has 2 aromatic rings. The maximum Gasteiger partial charge on any atom is 2.00 e. The largest absolute Gasteiger partial charge is 2.00 e. The zero-order valence-electron chi connectivity index (χ0n) is 56.0. The number of nitrogens with zero attached hydrogens (tertiary/aromatic N) is 2. The minimum atomic E-state index is 0.